The number of hydrogen-bond acceptors (Lipinski definition) is 7. The lowest BCUT2D eigenvalue weighted by molar-refractivity contribution is -0.140. The lowest BCUT2D eigenvalue weighted by atomic mass is 10.3. The molecule has 114 valence electrons. The summed E-state index contributed by atoms with van der Waals surface area (Å²) in [5, 5.41) is 17.5. The van der Waals surface area contributed by atoms with Crippen LogP contribution in [0.3, 0.4) is 0 Å². The van der Waals surface area contributed by atoms with Gasteiger partial charge >= 0.3 is 24.0 Å². The third-order valence-electron chi connectivity index (χ3n) is 1.95. The molecule has 0 saturated carbocycles. The van der Waals surface area contributed by atoms with E-state index in [2.05, 4.69) is 0 Å². The molecule has 0 fully saturated rings. The maximum Gasteiger partial charge on any atom is 0.327 e. The number of nitrogens with zero attached hydrogens (tertiary/aromatic N) is 1. The Labute approximate surface area is 121 Å². The number of rotatable bonds is 8. The first kappa shape index (κ1) is 18.3. The summed E-state index contributed by atoms with van der Waals surface area (Å²) in [5.74, 6) is -2.83. The second-order valence-electron chi connectivity index (χ2n) is 3.41. The fourth-order valence-corrected chi connectivity index (χ4v) is 3.28. The van der Waals surface area contributed by atoms with Crippen LogP contribution in [-0.2, 0) is 9.59 Å². The fourth-order valence-electron chi connectivity index (χ4n) is 0.977. The summed E-state index contributed by atoms with van der Waals surface area (Å²) >= 11 is 0. The predicted molar refractivity (Wildman–Crippen MR) is 73.0 cm³/mol. The van der Waals surface area contributed by atoms with Crippen LogP contribution in [-0.4, -0.2) is 62.7 Å². The minimum atomic E-state index is -1.54. The van der Waals surface area contributed by atoms with Crippen molar-refractivity contribution in [3.05, 3.63) is 0 Å². The Morgan fingerprint density at radius 2 is 1.40 bits per heavy atom. The number of carboxylic acids is 2. The number of primary amides is 2. The molecular weight excluding hydrogens is 312 g/mol. The van der Waals surface area contributed by atoms with Crippen molar-refractivity contribution >= 4 is 45.6 Å². The van der Waals surface area contributed by atoms with Gasteiger partial charge in [-0.1, -0.05) is 21.6 Å². The SMILES string of the molecule is NC(=O)N(C(N)=O)[C@@H](CSSC[C@H](N)C(=O)O)C(=O)O. The summed E-state index contributed by atoms with van der Waals surface area (Å²) in [5.41, 5.74) is 15.0. The highest BCUT2D eigenvalue weighted by molar-refractivity contribution is 8.76. The number of urea groups is 2. The van der Waals surface area contributed by atoms with E-state index in [1.54, 1.807) is 0 Å². The molecule has 0 aliphatic heterocycles. The van der Waals surface area contributed by atoms with Crippen molar-refractivity contribution < 1.29 is 29.4 Å². The van der Waals surface area contributed by atoms with Crippen LogP contribution in [0.4, 0.5) is 9.59 Å². The van der Waals surface area contributed by atoms with Crippen LogP contribution >= 0.6 is 21.6 Å². The van der Waals surface area contributed by atoms with E-state index in [0.717, 1.165) is 21.6 Å². The first-order valence-electron chi connectivity index (χ1n) is 5.02. The standard InChI is InChI=1S/C8H14N4O6S2/c9-3(5(13)14)1-19-20-2-4(6(15)16)12(7(10)17)8(11)18/h3-4H,1-2,9H2,(H2,10,17)(H2,11,18)(H,13,14)(H,15,16)/t3-,4-/m0/s1. The smallest absolute Gasteiger partial charge is 0.327 e. The summed E-state index contributed by atoms with van der Waals surface area (Å²) < 4.78 is 0. The number of carboxylic acid groups (broad SMARTS) is 2. The molecule has 4 amide bonds. The number of carbonyl (C=O) groups is 4. The van der Waals surface area contributed by atoms with Crippen LogP contribution in [0, 0.1) is 0 Å². The number of carbonyl (C=O) groups excluding carboxylic acids is 2. The topological polar surface area (TPSA) is 190 Å². The van der Waals surface area contributed by atoms with E-state index in [1.807, 2.05) is 0 Å². The van der Waals surface area contributed by atoms with Crippen LogP contribution in [0.5, 0.6) is 0 Å². The molecule has 0 aliphatic rings. The molecule has 10 nitrogen and oxygen atoms in total. The highest BCUT2D eigenvalue weighted by Crippen LogP contribution is 2.24. The van der Waals surface area contributed by atoms with Gasteiger partial charge in [0.15, 0.2) is 6.04 Å². The molecule has 0 aromatic heterocycles. The molecule has 2 atom stereocenters. The molecule has 0 saturated heterocycles. The van der Waals surface area contributed by atoms with Crippen molar-refractivity contribution in [2.75, 3.05) is 11.5 Å². The van der Waals surface area contributed by atoms with Crippen LogP contribution in [0.15, 0.2) is 0 Å². The molecule has 0 unspecified atom stereocenters. The zero-order valence-corrected chi connectivity index (χ0v) is 11.7. The van der Waals surface area contributed by atoms with Gasteiger partial charge in [-0.25, -0.2) is 19.3 Å². The van der Waals surface area contributed by atoms with Gasteiger partial charge in [-0.05, 0) is 0 Å². The summed E-state index contributed by atoms with van der Waals surface area (Å²) in [7, 11) is 1.93. The van der Waals surface area contributed by atoms with Crippen LogP contribution < -0.4 is 17.2 Å². The van der Waals surface area contributed by atoms with E-state index < -0.39 is 36.1 Å². The zero-order valence-electron chi connectivity index (χ0n) is 10.1. The van der Waals surface area contributed by atoms with Gasteiger partial charge in [0, 0.05) is 11.5 Å². The van der Waals surface area contributed by atoms with Gasteiger partial charge in [-0.3, -0.25) is 4.79 Å². The largest absolute Gasteiger partial charge is 0.480 e. The van der Waals surface area contributed by atoms with Crippen molar-refractivity contribution in [2.24, 2.45) is 17.2 Å². The lowest BCUT2D eigenvalue weighted by Gasteiger charge is -2.23. The molecule has 0 bridgehead atoms. The average molecular weight is 326 g/mol. The highest BCUT2D eigenvalue weighted by Gasteiger charge is 2.32. The van der Waals surface area contributed by atoms with Gasteiger partial charge in [0.25, 0.3) is 0 Å². The quantitative estimate of drug-likeness (QED) is 0.266. The van der Waals surface area contributed by atoms with Crippen molar-refractivity contribution in [1.29, 1.82) is 0 Å². The Balaban J connectivity index is 4.50. The summed E-state index contributed by atoms with van der Waals surface area (Å²) in [6, 6.07) is -5.20. The number of nitrogens with two attached hydrogens (primary N) is 3. The van der Waals surface area contributed by atoms with Gasteiger partial charge in [-0.2, -0.15) is 0 Å². The normalized spacial score (nSPS) is 13.2. The van der Waals surface area contributed by atoms with E-state index in [9.17, 15) is 19.2 Å². The van der Waals surface area contributed by atoms with Crippen molar-refractivity contribution in [3.63, 3.8) is 0 Å². The number of amides is 4. The first-order chi connectivity index (χ1) is 9.18. The second kappa shape index (κ2) is 8.50. The minimum Gasteiger partial charge on any atom is -0.480 e. The summed E-state index contributed by atoms with van der Waals surface area (Å²) in [6.45, 7) is 0. The molecule has 0 aliphatic carbocycles. The summed E-state index contributed by atoms with van der Waals surface area (Å²) in [4.78, 5) is 43.6. The van der Waals surface area contributed by atoms with Crippen molar-refractivity contribution in [1.82, 2.24) is 4.90 Å². The Kier molecular flexibility index (Phi) is 7.79. The van der Waals surface area contributed by atoms with Gasteiger partial charge in [0.05, 0.1) is 0 Å². The molecule has 0 radical (unpaired) electrons. The Bertz CT molecular complexity index is 392. The monoisotopic (exact) mass is 326 g/mol. The highest BCUT2D eigenvalue weighted by atomic mass is 33.1. The zero-order chi connectivity index (χ0) is 15.9. The number of hydrogen-bond donors (Lipinski definition) is 5. The van der Waals surface area contributed by atoms with E-state index >= 15 is 0 Å². The molecule has 0 heterocycles. The third-order valence-corrected chi connectivity index (χ3v) is 4.38. The van der Waals surface area contributed by atoms with Crippen LogP contribution in [0.25, 0.3) is 0 Å². The third kappa shape index (κ3) is 5.99. The van der Waals surface area contributed by atoms with Crippen molar-refractivity contribution in [3.8, 4) is 0 Å². The van der Waals surface area contributed by atoms with Crippen LogP contribution in [0.1, 0.15) is 0 Å². The second-order valence-corrected chi connectivity index (χ2v) is 5.97. The predicted octanol–water partition coefficient (Wildman–Crippen LogP) is -1.31. The Morgan fingerprint density at radius 1 is 0.950 bits per heavy atom. The molecular formula is C8H14N4O6S2. The Morgan fingerprint density at radius 3 is 1.75 bits per heavy atom. The van der Waals surface area contributed by atoms with Crippen LogP contribution in [0.2, 0.25) is 0 Å². The maximum absolute atomic E-state index is 11.0. The van der Waals surface area contributed by atoms with E-state index in [-0.39, 0.29) is 16.4 Å². The maximum atomic E-state index is 11.0. The van der Waals surface area contributed by atoms with Gasteiger partial charge < -0.3 is 27.4 Å². The Hall–Kier alpha value is -1.66. The molecule has 0 aromatic rings. The lowest BCUT2D eigenvalue weighted by Crippen LogP contribution is -2.54. The van der Waals surface area contributed by atoms with Gasteiger partial charge in [0.2, 0.25) is 0 Å². The number of aliphatic carboxylic acids is 2. The molecule has 8 N–H and O–H groups in total. The molecule has 12 heteroatoms. The van der Waals surface area contributed by atoms with Crippen molar-refractivity contribution in [2.45, 2.75) is 12.1 Å². The number of imide groups is 1. The summed E-state index contributed by atoms with van der Waals surface area (Å²) in [6.07, 6.45) is 0. The molecule has 20 heavy (non-hydrogen) atoms. The van der Waals surface area contributed by atoms with E-state index in [1.165, 1.54) is 0 Å². The molecule has 0 rings (SSSR count). The van der Waals surface area contributed by atoms with Gasteiger partial charge in [0.1, 0.15) is 6.04 Å². The van der Waals surface area contributed by atoms with E-state index in [0.29, 0.717) is 0 Å². The first-order valence-corrected chi connectivity index (χ1v) is 7.51. The van der Waals surface area contributed by atoms with E-state index in [4.69, 9.17) is 27.4 Å². The molecule has 0 spiro atoms. The fraction of sp³-hybridized carbons (Fsp3) is 0.500. The van der Waals surface area contributed by atoms with Gasteiger partial charge in [-0.15, -0.1) is 0 Å². The minimum absolute atomic E-state index is 0.0273. The average Bonchev–Trinajstić information content (AvgIpc) is 2.30. The molecule has 0 aromatic carbocycles.